The average molecular weight is 308 g/mol. The van der Waals surface area contributed by atoms with Gasteiger partial charge in [0.1, 0.15) is 0 Å². The first-order valence-electron chi connectivity index (χ1n) is 7.50. The monoisotopic (exact) mass is 308 g/mol. The van der Waals surface area contributed by atoms with Crippen molar-refractivity contribution in [2.24, 2.45) is 11.8 Å². The smallest absolute Gasteiger partial charge is 0.261 e. The number of hydrogen-bond donors (Lipinski definition) is 3. The minimum absolute atomic E-state index is 0.0536. The van der Waals surface area contributed by atoms with Gasteiger partial charge in [-0.25, -0.2) is 0 Å². The van der Waals surface area contributed by atoms with Crippen LogP contribution in [0.25, 0.3) is 0 Å². The van der Waals surface area contributed by atoms with Crippen molar-refractivity contribution in [3.63, 3.8) is 0 Å². The summed E-state index contributed by atoms with van der Waals surface area (Å²) in [5.74, 6) is 0.250. The molecule has 0 saturated heterocycles. The zero-order chi connectivity index (χ0) is 14.8. The number of carbonyl (C=O) groups excluding carboxylic acids is 2. The second kappa shape index (κ2) is 6.15. The van der Waals surface area contributed by atoms with Crippen LogP contribution in [0.15, 0.2) is 12.1 Å². The number of aliphatic hydroxyl groups excluding tert-OH is 1. The number of rotatable bonds is 5. The molecule has 0 aromatic carbocycles. The Bertz CT molecular complexity index is 539. The Morgan fingerprint density at radius 3 is 2.71 bits per heavy atom. The molecule has 21 heavy (non-hydrogen) atoms. The third kappa shape index (κ3) is 3.63. The number of nitrogens with one attached hydrogen (secondary N) is 2. The highest BCUT2D eigenvalue weighted by atomic mass is 32.1. The van der Waals surface area contributed by atoms with Crippen LogP contribution >= 0.6 is 11.3 Å². The predicted molar refractivity (Wildman–Crippen MR) is 81.4 cm³/mol. The molecule has 0 bridgehead atoms. The maximum atomic E-state index is 12.1. The lowest BCUT2D eigenvalue weighted by Crippen LogP contribution is -2.32. The van der Waals surface area contributed by atoms with Gasteiger partial charge in [-0.05, 0) is 37.8 Å². The van der Waals surface area contributed by atoms with Crippen LogP contribution in [0.1, 0.15) is 41.8 Å². The molecular weight excluding hydrogens is 288 g/mol. The summed E-state index contributed by atoms with van der Waals surface area (Å²) in [6.07, 6.45) is 4.47. The van der Waals surface area contributed by atoms with Gasteiger partial charge in [0.25, 0.3) is 5.91 Å². The van der Waals surface area contributed by atoms with Crippen LogP contribution < -0.4 is 10.6 Å². The van der Waals surface area contributed by atoms with E-state index in [0.717, 1.165) is 37.1 Å². The van der Waals surface area contributed by atoms with Crippen molar-refractivity contribution in [3.05, 3.63) is 17.0 Å². The lowest BCUT2D eigenvalue weighted by molar-refractivity contribution is -0.117. The quantitative estimate of drug-likeness (QED) is 0.778. The molecule has 2 atom stereocenters. The molecule has 2 aliphatic rings. The summed E-state index contributed by atoms with van der Waals surface area (Å²) in [4.78, 5) is 24.3. The van der Waals surface area contributed by atoms with Gasteiger partial charge in [-0.15, -0.1) is 11.3 Å². The van der Waals surface area contributed by atoms with Crippen molar-refractivity contribution in [2.75, 3.05) is 11.9 Å². The Morgan fingerprint density at radius 1 is 1.24 bits per heavy atom. The Hall–Kier alpha value is -1.40. The highest BCUT2D eigenvalue weighted by molar-refractivity contribution is 7.18. The molecule has 2 amide bonds. The number of carbonyl (C=O) groups is 2. The topological polar surface area (TPSA) is 78.4 Å². The molecule has 0 spiro atoms. The van der Waals surface area contributed by atoms with Crippen LogP contribution in [0.5, 0.6) is 0 Å². The third-order valence-corrected chi connectivity index (χ3v) is 5.17. The van der Waals surface area contributed by atoms with Gasteiger partial charge in [-0.1, -0.05) is 6.42 Å². The molecule has 6 heteroatoms. The van der Waals surface area contributed by atoms with Gasteiger partial charge in [0, 0.05) is 18.4 Å². The van der Waals surface area contributed by atoms with Crippen molar-refractivity contribution in [2.45, 2.75) is 38.2 Å². The Labute approximate surface area is 127 Å². The van der Waals surface area contributed by atoms with Crippen LogP contribution in [0.3, 0.4) is 0 Å². The molecule has 1 heterocycles. The molecule has 1 aromatic rings. The van der Waals surface area contributed by atoms with E-state index in [2.05, 4.69) is 10.6 Å². The van der Waals surface area contributed by atoms with Gasteiger partial charge in [-0.2, -0.15) is 0 Å². The lowest BCUT2D eigenvalue weighted by atomic mass is 10.1. The van der Waals surface area contributed by atoms with E-state index in [1.54, 1.807) is 12.1 Å². The first-order valence-corrected chi connectivity index (χ1v) is 8.32. The summed E-state index contributed by atoms with van der Waals surface area (Å²) in [5.41, 5.74) is 0. The van der Waals surface area contributed by atoms with Gasteiger partial charge < -0.3 is 15.7 Å². The molecule has 114 valence electrons. The number of hydrogen-bond acceptors (Lipinski definition) is 4. The molecular formula is C15H20N2O3S. The van der Waals surface area contributed by atoms with E-state index in [9.17, 15) is 14.7 Å². The van der Waals surface area contributed by atoms with Gasteiger partial charge in [0.15, 0.2) is 0 Å². The number of aliphatic hydroxyl groups is 1. The molecule has 2 saturated carbocycles. The molecule has 0 radical (unpaired) electrons. The van der Waals surface area contributed by atoms with E-state index in [4.69, 9.17) is 0 Å². The highest BCUT2D eigenvalue weighted by Gasteiger charge is 2.30. The second-order valence-corrected chi connectivity index (χ2v) is 6.98. The fourth-order valence-electron chi connectivity index (χ4n) is 2.66. The Morgan fingerprint density at radius 2 is 2.05 bits per heavy atom. The zero-order valence-corrected chi connectivity index (χ0v) is 12.6. The van der Waals surface area contributed by atoms with Crippen LogP contribution in [-0.4, -0.2) is 29.6 Å². The fourth-order valence-corrected chi connectivity index (χ4v) is 3.49. The standard InChI is InChI=1S/C15H20N2O3S/c18-11-3-1-2-10(11)8-16-15(20)12-6-7-13(21-12)17-14(19)9-4-5-9/h6-7,9-11,18H,1-5,8H2,(H,16,20)(H,17,19). The number of anilines is 1. The van der Waals surface area contributed by atoms with Crippen molar-refractivity contribution in [1.82, 2.24) is 5.32 Å². The summed E-state index contributed by atoms with van der Waals surface area (Å²) in [7, 11) is 0. The zero-order valence-electron chi connectivity index (χ0n) is 11.8. The van der Waals surface area contributed by atoms with E-state index in [-0.39, 0.29) is 29.8 Å². The van der Waals surface area contributed by atoms with Gasteiger partial charge in [0.2, 0.25) is 5.91 Å². The summed E-state index contributed by atoms with van der Waals surface area (Å²) in [6, 6.07) is 3.50. The highest BCUT2D eigenvalue weighted by Crippen LogP contribution is 2.31. The maximum absolute atomic E-state index is 12.1. The molecule has 2 unspecified atom stereocenters. The van der Waals surface area contributed by atoms with E-state index < -0.39 is 0 Å². The first-order chi connectivity index (χ1) is 10.1. The number of thiophene rings is 1. The van der Waals surface area contributed by atoms with E-state index in [1.165, 1.54) is 11.3 Å². The Kier molecular flexibility index (Phi) is 4.26. The van der Waals surface area contributed by atoms with Crippen LogP contribution in [0.4, 0.5) is 5.00 Å². The first kappa shape index (κ1) is 14.5. The van der Waals surface area contributed by atoms with E-state index in [0.29, 0.717) is 11.4 Å². The van der Waals surface area contributed by atoms with Crippen LogP contribution in [0, 0.1) is 11.8 Å². The Balaban J connectivity index is 1.50. The number of amides is 2. The third-order valence-electron chi connectivity index (χ3n) is 4.17. The van der Waals surface area contributed by atoms with Gasteiger partial charge in [-0.3, -0.25) is 9.59 Å². The van der Waals surface area contributed by atoms with E-state index >= 15 is 0 Å². The molecule has 0 aliphatic heterocycles. The maximum Gasteiger partial charge on any atom is 0.261 e. The largest absolute Gasteiger partial charge is 0.393 e. The average Bonchev–Trinajstić information content (AvgIpc) is 3.09. The minimum atomic E-state index is -0.290. The summed E-state index contributed by atoms with van der Waals surface area (Å²) in [6.45, 7) is 0.516. The second-order valence-electron chi connectivity index (χ2n) is 5.90. The molecule has 2 aliphatic carbocycles. The van der Waals surface area contributed by atoms with Crippen LogP contribution in [0.2, 0.25) is 0 Å². The molecule has 2 fully saturated rings. The lowest BCUT2D eigenvalue weighted by Gasteiger charge is -2.14. The van der Waals surface area contributed by atoms with Crippen molar-refractivity contribution < 1.29 is 14.7 Å². The summed E-state index contributed by atoms with van der Waals surface area (Å²) in [5, 5.41) is 16.2. The molecule has 3 N–H and O–H groups in total. The van der Waals surface area contributed by atoms with Crippen molar-refractivity contribution in [1.29, 1.82) is 0 Å². The predicted octanol–water partition coefficient (Wildman–Crippen LogP) is 1.99. The van der Waals surface area contributed by atoms with Gasteiger partial charge in [0.05, 0.1) is 16.0 Å². The van der Waals surface area contributed by atoms with Crippen molar-refractivity contribution >= 4 is 28.2 Å². The molecule has 5 nitrogen and oxygen atoms in total. The van der Waals surface area contributed by atoms with Crippen LogP contribution in [-0.2, 0) is 4.79 Å². The SMILES string of the molecule is O=C(NCC1CCCC1O)c1ccc(NC(=O)C2CC2)s1. The summed E-state index contributed by atoms with van der Waals surface area (Å²) < 4.78 is 0. The normalized spacial score (nSPS) is 24.8. The fraction of sp³-hybridized carbons (Fsp3) is 0.600. The van der Waals surface area contributed by atoms with E-state index in [1.807, 2.05) is 0 Å². The molecule has 1 aromatic heterocycles. The van der Waals surface area contributed by atoms with Gasteiger partial charge >= 0.3 is 0 Å². The summed E-state index contributed by atoms with van der Waals surface area (Å²) >= 11 is 1.29. The minimum Gasteiger partial charge on any atom is -0.393 e. The molecule has 3 rings (SSSR count). The van der Waals surface area contributed by atoms with Crippen molar-refractivity contribution in [3.8, 4) is 0 Å².